The minimum Gasteiger partial charge on any atom is -0.487 e. The average molecular weight is 338 g/mol. The predicted molar refractivity (Wildman–Crippen MR) is 99.6 cm³/mol. The van der Waals surface area contributed by atoms with Crippen LogP contribution in [0, 0.1) is 12.8 Å². The van der Waals surface area contributed by atoms with Crippen molar-refractivity contribution < 1.29 is 9.53 Å². The molecule has 25 heavy (non-hydrogen) atoms. The highest BCUT2D eigenvalue weighted by molar-refractivity contribution is 5.76. The van der Waals surface area contributed by atoms with Gasteiger partial charge in [0, 0.05) is 24.6 Å². The monoisotopic (exact) mass is 338 g/mol. The van der Waals surface area contributed by atoms with E-state index in [-0.39, 0.29) is 12.0 Å². The first-order valence-electron chi connectivity index (χ1n) is 9.02. The van der Waals surface area contributed by atoms with Gasteiger partial charge in [-0.05, 0) is 42.5 Å². The number of carbonyl (C=O) groups excluding carboxylic acids is 1. The third-order valence-corrected chi connectivity index (χ3v) is 4.57. The lowest BCUT2D eigenvalue weighted by molar-refractivity contribution is -0.121. The summed E-state index contributed by atoms with van der Waals surface area (Å²) < 4.78 is 6.17. The van der Waals surface area contributed by atoms with E-state index in [1.165, 1.54) is 5.56 Å². The molecule has 1 aliphatic heterocycles. The third-order valence-electron chi connectivity index (χ3n) is 4.57. The number of amides is 1. The molecule has 1 aliphatic rings. The second-order valence-corrected chi connectivity index (χ2v) is 7.14. The minimum atomic E-state index is -0.0110. The molecule has 0 aliphatic carbocycles. The van der Waals surface area contributed by atoms with Crippen molar-refractivity contribution in [1.29, 1.82) is 0 Å². The van der Waals surface area contributed by atoms with Crippen molar-refractivity contribution >= 4 is 5.91 Å². The van der Waals surface area contributed by atoms with Crippen molar-refractivity contribution in [3.05, 3.63) is 47.7 Å². The van der Waals surface area contributed by atoms with E-state index in [1.54, 1.807) is 0 Å². The number of nitrogens with one attached hydrogen (secondary N) is 1. The van der Waals surface area contributed by atoms with Crippen LogP contribution < -0.4 is 10.1 Å². The lowest BCUT2D eigenvalue weighted by Crippen LogP contribution is -2.34. The quantitative estimate of drug-likeness (QED) is 0.869. The van der Waals surface area contributed by atoms with E-state index < -0.39 is 0 Å². The molecule has 4 heteroatoms. The van der Waals surface area contributed by atoms with Crippen molar-refractivity contribution in [2.24, 2.45) is 5.92 Å². The summed E-state index contributed by atoms with van der Waals surface area (Å²) in [5.41, 5.74) is 4.30. The van der Waals surface area contributed by atoms with Gasteiger partial charge in [0.1, 0.15) is 11.9 Å². The Morgan fingerprint density at radius 3 is 2.92 bits per heavy atom. The van der Waals surface area contributed by atoms with Gasteiger partial charge >= 0.3 is 0 Å². The Bertz CT molecular complexity index is 755. The molecule has 0 fully saturated rings. The molecule has 1 aromatic carbocycles. The summed E-state index contributed by atoms with van der Waals surface area (Å²) in [7, 11) is 0. The van der Waals surface area contributed by atoms with Crippen molar-refractivity contribution in [2.75, 3.05) is 6.54 Å². The number of nitrogens with zero attached hydrogens (tertiary/aromatic N) is 1. The zero-order valence-electron chi connectivity index (χ0n) is 15.2. The molecule has 2 aromatic rings. The maximum absolute atomic E-state index is 11.9. The zero-order chi connectivity index (χ0) is 17.8. The highest BCUT2D eigenvalue weighted by Crippen LogP contribution is 2.38. The first kappa shape index (κ1) is 17.5. The van der Waals surface area contributed by atoms with Gasteiger partial charge in [0.25, 0.3) is 0 Å². The molecule has 1 N–H and O–H groups in total. The predicted octanol–water partition coefficient (Wildman–Crippen LogP) is 3.91. The number of aryl methyl sites for hydroxylation is 1. The highest BCUT2D eigenvalue weighted by Gasteiger charge is 2.26. The van der Waals surface area contributed by atoms with E-state index >= 15 is 0 Å². The summed E-state index contributed by atoms with van der Waals surface area (Å²) in [5.74, 6) is 1.56. The maximum Gasteiger partial charge on any atom is 0.220 e. The molecule has 0 spiro atoms. The number of benzene rings is 1. The largest absolute Gasteiger partial charge is 0.487 e. The van der Waals surface area contributed by atoms with E-state index in [1.807, 2.05) is 12.3 Å². The topological polar surface area (TPSA) is 51.2 Å². The zero-order valence-corrected chi connectivity index (χ0v) is 15.2. The van der Waals surface area contributed by atoms with Gasteiger partial charge in [-0.3, -0.25) is 9.78 Å². The average Bonchev–Trinajstić information content (AvgIpc) is 3.02. The molecule has 0 bridgehead atoms. The highest BCUT2D eigenvalue weighted by atomic mass is 16.5. The lowest BCUT2D eigenvalue weighted by Gasteiger charge is -2.14. The van der Waals surface area contributed by atoms with Gasteiger partial charge < -0.3 is 10.1 Å². The normalized spacial score (nSPS) is 15.8. The number of hydrogen-bond donors (Lipinski definition) is 1. The first-order chi connectivity index (χ1) is 12.0. The summed E-state index contributed by atoms with van der Waals surface area (Å²) in [6, 6.07) is 10.2. The van der Waals surface area contributed by atoms with E-state index in [0.29, 0.717) is 18.9 Å². The Labute approximate surface area is 149 Å². The first-order valence-corrected chi connectivity index (χ1v) is 9.02. The number of carbonyl (C=O) groups is 1. The summed E-state index contributed by atoms with van der Waals surface area (Å²) in [5, 5.41) is 3.01. The summed E-state index contributed by atoms with van der Waals surface area (Å²) >= 11 is 0. The van der Waals surface area contributed by atoms with Gasteiger partial charge in [-0.1, -0.05) is 32.0 Å². The second kappa shape index (κ2) is 7.68. The molecular formula is C21H26N2O2. The summed E-state index contributed by atoms with van der Waals surface area (Å²) in [6.07, 6.45) is 4.11. The van der Waals surface area contributed by atoms with Gasteiger partial charge in [-0.2, -0.15) is 0 Å². The van der Waals surface area contributed by atoms with E-state index in [2.05, 4.69) is 55.3 Å². The molecular weight excluding hydrogens is 312 g/mol. The van der Waals surface area contributed by atoms with Gasteiger partial charge in [0.15, 0.2) is 0 Å². The number of ether oxygens (including phenoxy) is 1. The molecule has 4 nitrogen and oxygen atoms in total. The number of pyridine rings is 1. The molecule has 1 aromatic heterocycles. The molecule has 0 saturated heterocycles. The number of aromatic nitrogens is 1. The van der Waals surface area contributed by atoms with E-state index in [0.717, 1.165) is 35.4 Å². The van der Waals surface area contributed by atoms with Crippen LogP contribution in [0.1, 0.15) is 37.8 Å². The minimum absolute atomic E-state index is 0.0110. The number of fused-ring (bicyclic) bond motifs is 1. The fourth-order valence-electron chi connectivity index (χ4n) is 3.14. The van der Waals surface area contributed by atoms with Crippen molar-refractivity contribution in [1.82, 2.24) is 10.3 Å². The molecule has 132 valence electrons. The fourth-order valence-corrected chi connectivity index (χ4v) is 3.14. The van der Waals surface area contributed by atoms with Crippen LogP contribution in [0.3, 0.4) is 0 Å². The smallest absolute Gasteiger partial charge is 0.220 e. The van der Waals surface area contributed by atoms with Crippen LogP contribution in [0.4, 0.5) is 0 Å². The van der Waals surface area contributed by atoms with Gasteiger partial charge in [0.2, 0.25) is 5.91 Å². The van der Waals surface area contributed by atoms with Crippen LogP contribution in [0.15, 0.2) is 36.5 Å². The van der Waals surface area contributed by atoms with Crippen LogP contribution in [0.5, 0.6) is 5.75 Å². The Morgan fingerprint density at radius 2 is 2.16 bits per heavy atom. The number of para-hydroxylation sites is 1. The molecule has 1 amide bonds. The molecule has 0 saturated carbocycles. The van der Waals surface area contributed by atoms with Crippen LogP contribution in [0.25, 0.3) is 11.3 Å². The van der Waals surface area contributed by atoms with Gasteiger partial charge in [-0.25, -0.2) is 0 Å². The second-order valence-electron chi connectivity index (χ2n) is 7.14. The molecule has 1 unspecified atom stereocenters. The maximum atomic E-state index is 11.9. The molecule has 3 rings (SSSR count). The Hall–Kier alpha value is -2.36. The molecule has 1 atom stereocenters. The Morgan fingerprint density at radius 1 is 1.32 bits per heavy atom. The fraction of sp³-hybridized carbons (Fsp3) is 0.429. The van der Waals surface area contributed by atoms with E-state index in [9.17, 15) is 4.79 Å². The summed E-state index contributed by atoms with van der Waals surface area (Å²) in [4.78, 5) is 16.4. The van der Waals surface area contributed by atoms with Crippen molar-refractivity contribution in [3.63, 3.8) is 0 Å². The Balaban J connectivity index is 1.66. The Kier molecular flexibility index (Phi) is 5.37. The summed E-state index contributed by atoms with van der Waals surface area (Å²) in [6.45, 7) is 6.87. The standard InChI is InChI=1S/C21H26N2O2/c1-14(2)9-10-19(24)23-13-17-12-16-7-4-8-18(21(16)25-17)20-15(3)6-5-11-22-20/h4-8,11,14,17H,9-10,12-13H2,1-3H3,(H,23,24). The number of hydrogen-bond acceptors (Lipinski definition) is 3. The van der Waals surface area contributed by atoms with Gasteiger partial charge in [0.05, 0.1) is 12.2 Å². The van der Waals surface area contributed by atoms with Gasteiger partial charge in [-0.15, -0.1) is 0 Å². The van der Waals surface area contributed by atoms with Crippen molar-refractivity contribution in [2.45, 2.75) is 46.1 Å². The third kappa shape index (κ3) is 4.19. The number of rotatable bonds is 6. The van der Waals surface area contributed by atoms with Crippen LogP contribution in [0.2, 0.25) is 0 Å². The van der Waals surface area contributed by atoms with Crippen LogP contribution >= 0.6 is 0 Å². The SMILES string of the molecule is Cc1cccnc1-c1cccc2c1OC(CNC(=O)CCC(C)C)C2. The molecule has 2 heterocycles. The van der Waals surface area contributed by atoms with Crippen LogP contribution in [-0.2, 0) is 11.2 Å². The molecule has 0 radical (unpaired) electrons. The van der Waals surface area contributed by atoms with Crippen LogP contribution in [-0.4, -0.2) is 23.5 Å². The van der Waals surface area contributed by atoms with Crippen molar-refractivity contribution in [3.8, 4) is 17.0 Å². The lowest BCUT2D eigenvalue weighted by atomic mass is 10.0. The van der Waals surface area contributed by atoms with E-state index in [4.69, 9.17) is 4.74 Å².